The van der Waals surface area contributed by atoms with E-state index in [1.54, 1.807) is 18.2 Å². The smallest absolute Gasteiger partial charge is 0.282 e. The average Bonchev–Trinajstić information content (AvgIpc) is 3.41. The standard InChI is InChI=1S/C21H21N7O4/c1-12-4-6-13(7-5-12)20-24-21(32-26-20)18-19(22)28(27-25-18)11-17(29)23-14-8-9-15(30-2)16(10-14)31-3/h4-10H,11,22H2,1-3H3,(H,23,29). The third-order valence-electron chi connectivity index (χ3n) is 4.67. The molecule has 0 radical (unpaired) electrons. The Morgan fingerprint density at radius 3 is 2.59 bits per heavy atom. The topological polar surface area (TPSA) is 143 Å². The number of anilines is 2. The fourth-order valence-electron chi connectivity index (χ4n) is 2.98. The molecule has 2 aromatic carbocycles. The van der Waals surface area contributed by atoms with Gasteiger partial charge in [0.05, 0.1) is 14.2 Å². The SMILES string of the molecule is COc1ccc(NC(=O)Cn2nnc(-c3nc(-c4ccc(C)cc4)no3)c2N)cc1OC. The molecule has 0 fully saturated rings. The van der Waals surface area contributed by atoms with Crippen LogP contribution in [0.3, 0.4) is 0 Å². The Bertz CT molecular complexity index is 1250. The number of benzene rings is 2. The molecular formula is C21H21N7O4. The van der Waals surface area contributed by atoms with Crippen LogP contribution in [0.4, 0.5) is 11.5 Å². The quantitative estimate of drug-likeness (QED) is 0.447. The van der Waals surface area contributed by atoms with E-state index < -0.39 is 0 Å². The number of aryl methyl sites for hydroxylation is 1. The van der Waals surface area contributed by atoms with E-state index in [1.807, 2.05) is 31.2 Å². The number of nitrogens with one attached hydrogen (secondary N) is 1. The van der Waals surface area contributed by atoms with Gasteiger partial charge in [0.2, 0.25) is 11.7 Å². The molecule has 32 heavy (non-hydrogen) atoms. The number of hydrogen-bond acceptors (Lipinski definition) is 9. The largest absolute Gasteiger partial charge is 0.493 e. The Balaban J connectivity index is 1.47. The maximum absolute atomic E-state index is 12.5. The van der Waals surface area contributed by atoms with E-state index >= 15 is 0 Å². The third-order valence-corrected chi connectivity index (χ3v) is 4.67. The lowest BCUT2D eigenvalue weighted by molar-refractivity contribution is -0.116. The van der Waals surface area contributed by atoms with Crippen LogP contribution in [0.1, 0.15) is 5.56 Å². The molecular weight excluding hydrogens is 414 g/mol. The predicted molar refractivity (Wildman–Crippen MR) is 116 cm³/mol. The summed E-state index contributed by atoms with van der Waals surface area (Å²) in [6, 6.07) is 12.7. The number of rotatable bonds is 7. The van der Waals surface area contributed by atoms with Gasteiger partial charge in [-0.2, -0.15) is 4.98 Å². The maximum atomic E-state index is 12.5. The molecule has 11 nitrogen and oxygen atoms in total. The number of hydrogen-bond donors (Lipinski definition) is 2. The molecule has 2 aromatic heterocycles. The van der Waals surface area contributed by atoms with Crippen molar-refractivity contribution < 1.29 is 18.8 Å². The van der Waals surface area contributed by atoms with E-state index in [0.717, 1.165) is 11.1 Å². The number of aromatic nitrogens is 5. The van der Waals surface area contributed by atoms with Gasteiger partial charge in [0.15, 0.2) is 23.0 Å². The number of nitrogens with zero attached hydrogens (tertiary/aromatic N) is 5. The van der Waals surface area contributed by atoms with Gasteiger partial charge < -0.3 is 25.0 Å². The van der Waals surface area contributed by atoms with E-state index in [2.05, 4.69) is 25.8 Å². The summed E-state index contributed by atoms with van der Waals surface area (Å²) in [5, 5.41) is 14.7. The lowest BCUT2D eigenvalue weighted by Crippen LogP contribution is -2.20. The van der Waals surface area contributed by atoms with E-state index in [9.17, 15) is 4.79 Å². The Labute approximate surface area is 183 Å². The molecule has 3 N–H and O–H groups in total. The maximum Gasteiger partial charge on any atom is 0.282 e. The number of carbonyl (C=O) groups excluding carboxylic acids is 1. The fourth-order valence-corrected chi connectivity index (χ4v) is 2.98. The van der Waals surface area contributed by atoms with E-state index in [-0.39, 0.29) is 29.9 Å². The Morgan fingerprint density at radius 2 is 1.88 bits per heavy atom. The molecule has 0 aliphatic carbocycles. The van der Waals surface area contributed by atoms with Crippen molar-refractivity contribution in [2.24, 2.45) is 0 Å². The van der Waals surface area contributed by atoms with Crippen LogP contribution in [0.15, 0.2) is 47.0 Å². The van der Waals surface area contributed by atoms with Crippen molar-refractivity contribution in [1.82, 2.24) is 25.1 Å². The van der Waals surface area contributed by atoms with Gasteiger partial charge in [0.1, 0.15) is 6.54 Å². The molecule has 2 heterocycles. The first-order valence-corrected chi connectivity index (χ1v) is 9.60. The molecule has 0 bridgehead atoms. The van der Waals surface area contributed by atoms with Gasteiger partial charge in [0.25, 0.3) is 5.89 Å². The summed E-state index contributed by atoms with van der Waals surface area (Å²) in [6.07, 6.45) is 0. The second-order valence-corrected chi connectivity index (χ2v) is 6.89. The van der Waals surface area contributed by atoms with Crippen LogP contribution < -0.4 is 20.5 Å². The van der Waals surface area contributed by atoms with Gasteiger partial charge in [-0.1, -0.05) is 40.2 Å². The van der Waals surface area contributed by atoms with Crippen LogP contribution in [0.2, 0.25) is 0 Å². The highest BCUT2D eigenvalue weighted by Crippen LogP contribution is 2.30. The number of amides is 1. The summed E-state index contributed by atoms with van der Waals surface area (Å²) in [6.45, 7) is 1.83. The van der Waals surface area contributed by atoms with Gasteiger partial charge in [0, 0.05) is 17.3 Å². The fraction of sp³-hybridized carbons (Fsp3) is 0.190. The normalized spacial score (nSPS) is 10.7. The lowest BCUT2D eigenvalue weighted by Gasteiger charge is -2.10. The van der Waals surface area contributed by atoms with Gasteiger partial charge in [-0.3, -0.25) is 4.79 Å². The first-order valence-electron chi connectivity index (χ1n) is 9.60. The molecule has 0 saturated carbocycles. The van der Waals surface area contributed by atoms with Crippen molar-refractivity contribution in [2.75, 3.05) is 25.3 Å². The van der Waals surface area contributed by atoms with Crippen LogP contribution >= 0.6 is 0 Å². The average molecular weight is 435 g/mol. The molecule has 0 spiro atoms. The van der Waals surface area contributed by atoms with E-state index in [0.29, 0.717) is 23.0 Å². The lowest BCUT2D eigenvalue weighted by atomic mass is 10.1. The molecule has 11 heteroatoms. The Kier molecular flexibility index (Phi) is 5.71. The first kappa shape index (κ1) is 20.8. The number of nitrogen functional groups attached to an aromatic ring is 1. The van der Waals surface area contributed by atoms with Crippen LogP contribution in [0.5, 0.6) is 11.5 Å². The predicted octanol–water partition coefficient (Wildman–Crippen LogP) is 2.54. The zero-order valence-electron chi connectivity index (χ0n) is 17.7. The minimum Gasteiger partial charge on any atom is -0.493 e. The third kappa shape index (κ3) is 4.21. The molecule has 1 amide bonds. The molecule has 0 unspecified atom stereocenters. The number of nitrogens with two attached hydrogens (primary N) is 1. The number of carbonyl (C=O) groups is 1. The second-order valence-electron chi connectivity index (χ2n) is 6.89. The summed E-state index contributed by atoms with van der Waals surface area (Å²) < 4.78 is 17.0. The van der Waals surface area contributed by atoms with Gasteiger partial charge >= 0.3 is 0 Å². The molecule has 0 aliphatic heterocycles. The Hall–Kier alpha value is -4.41. The van der Waals surface area contributed by atoms with Crippen molar-refractivity contribution >= 4 is 17.4 Å². The van der Waals surface area contributed by atoms with Crippen LogP contribution in [0, 0.1) is 6.92 Å². The number of ether oxygens (including phenoxy) is 2. The van der Waals surface area contributed by atoms with Gasteiger partial charge in [-0.05, 0) is 19.1 Å². The van der Waals surface area contributed by atoms with E-state index in [4.69, 9.17) is 19.7 Å². The highest BCUT2D eigenvalue weighted by molar-refractivity contribution is 5.91. The van der Waals surface area contributed by atoms with Crippen molar-refractivity contribution in [2.45, 2.75) is 13.5 Å². The van der Waals surface area contributed by atoms with Crippen molar-refractivity contribution in [3.05, 3.63) is 48.0 Å². The zero-order chi connectivity index (χ0) is 22.7. The molecule has 0 aliphatic rings. The molecule has 0 atom stereocenters. The summed E-state index contributed by atoms with van der Waals surface area (Å²) in [4.78, 5) is 16.8. The first-order chi connectivity index (χ1) is 15.5. The second kappa shape index (κ2) is 8.76. The highest BCUT2D eigenvalue weighted by atomic mass is 16.5. The summed E-state index contributed by atoms with van der Waals surface area (Å²) in [7, 11) is 3.05. The summed E-state index contributed by atoms with van der Waals surface area (Å²) >= 11 is 0. The van der Waals surface area contributed by atoms with Crippen LogP contribution in [-0.4, -0.2) is 45.3 Å². The van der Waals surface area contributed by atoms with Crippen molar-refractivity contribution in [1.29, 1.82) is 0 Å². The van der Waals surface area contributed by atoms with E-state index in [1.165, 1.54) is 18.9 Å². The minimum absolute atomic E-state index is 0.115. The number of methoxy groups -OCH3 is 2. The van der Waals surface area contributed by atoms with Crippen LogP contribution in [-0.2, 0) is 11.3 Å². The molecule has 164 valence electrons. The van der Waals surface area contributed by atoms with Crippen LogP contribution in [0.25, 0.3) is 23.0 Å². The molecule has 4 rings (SSSR count). The highest BCUT2D eigenvalue weighted by Gasteiger charge is 2.20. The van der Waals surface area contributed by atoms with Gasteiger partial charge in [-0.15, -0.1) is 5.10 Å². The monoisotopic (exact) mass is 435 g/mol. The minimum atomic E-state index is -0.355. The van der Waals surface area contributed by atoms with Crippen molar-refractivity contribution in [3.8, 4) is 34.5 Å². The summed E-state index contributed by atoms with van der Waals surface area (Å²) in [5.41, 5.74) is 8.78. The summed E-state index contributed by atoms with van der Waals surface area (Å²) in [5.74, 6) is 1.34. The Morgan fingerprint density at radius 1 is 1.12 bits per heavy atom. The molecule has 0 saturated heterocycles. The van der Waals surface area contributed by atoms with Crippen molar-refractivity contribution in [3.63, 3.8) is 0 Å². The molecule has 4 aromatic rings. The zero-order valence-corrected chi connectivity index (χ0v) is 17.7. The van der Waals surface area contributed by atoms with Gasteiger partial charge in [-0.25, -0.2) is 4.68 Å².